The molecule has 106 valence electrons. The van der Waals surface area contributed by atoms with Gasteiger partial charge in [0, 0.05) is 17.0 Å². The van der Waals surface area contributed by atoms with Crippen LogP contribution in [-0.4, -0.2) is 17.4 Å². The van der Waals surface area contributed by atoms with Gasteiger partial charge in [0.15, 0.2) is 0 Å². The fourth-order valence-corrected chi connectivity index (χ4v) is 3.08. The van der Waals surface area contributed by atoms with Gasteiger partial charge in [0.05, 0.1) is 21.6 Å². The van der Waals surface area contributed by atoms with Crippen LogP contribution in [0.4, 0.5) is 5.69 Å². The molecule has 1 aromatic heterocycles. The van der Waals surface area contributed by atoms with Crippen molar-refractivity contribution in [2.45, 2.75) is 13.5 Å². The summed E-state index contributed by atoms with van der Waals surface area (Å²) in [5.74, 6) is -0.0704. The fraction of sp³-hybridized carbons (Fsp3) is 0.214. The first-order valence-electron chi connectivity index (χ1n) is 6.09. The Bertz CT molecular complexity index is 627. The lowest BCUT2D eigenvalue weighted by Gasteiger charge is -2.20. The van der Waals surface area contributed by atoms with Crippen LogP contribution in [-0.2, 0) is 6.54 Å². The molecule has 0 radical (unpaired) electrons. The number of anilines is 1. The van der Waals surface area contributed by atoms with Crippen molar-refractivity contribution in [3.63, 3.8) is 0 Å². The van der Waals surface area contributed by atoms with Gasteiger partial charge in [-0.05, 0) is 37.3 Å². The van der Waals surface area contributed by atoms with Crippen molar-refractivity contribution in [1.29, 1.82) is 0 Å². The minimum atomic E-state index is -0.0704. The second-order valence-corrected chi connectivity index (χ2v) is 6.47. The van der Waals surface area contributed by atoms with Crippen LogP contribution < -0.4 is 5.73 Å². The van der Waals surface area contributed by atoms with Crippen molar-refractivity contribution in [3.05, 3.63) is 50.1 Å². The predicted molar refractivity (Wildman–Crippen MR) is 85.6 cm³/mol. The molecule has 20 heavy (non-hydrogen) atoms. The summed E-state index contributed by atoms with van der Waals surface area (Å²) in [4.78, 5) is 15.2. The van der Waals surface area contributed by atoms with Gasteiger partial charge in [-0.25, -0.2) is 0 Å². The molecular formula is C14H14Cl2N2OS. The minimum absolute atomic E-state index is 0.0704. The molecule has 0 spiro atoms. The van der Waals surface area contributed by atoms with Gasteiger partial charge in [0.25, 0.3) is 5.91 Å². The maximum atomic E-state index is 12.4. The highest BCUT2D eigenvalue weighted by atomic mass is 35.5. The van der Waals surface area contributed by atoms with Gasteiger partial charge >= 0.3 is 0 Å². The van der Waals surface area contributed by atoms with E-state index in [2.05, 4.69) is 0 Å². The van der Waals surface area contributed by atoms with Crippen molar-refractivity contribution in [2.75, 3.05) is 12.3 Å². The molecule has 6 heteroatoms. The first-order valence-corrected chi connectivity index (χ1v) is 7.67. The molecule has 2 aromatic rings. The van der Waals surface area contributed by atoms with E-state index in [1.807, 2.05) is 19.1 Å². The highest BCUT2D eigenvalue weighted by Gasteiger charge is 2.16. The topological polar surface area (TPSA) is 46.3 Å². The van der Waals surface area contributed by atoms with Gasteiger partial charge in [-0.15, -0.1) is 11.3 Å². The summed E-state index contributed by atoms with van der Waals surface area (Å²) in [5.41, 5.74) is 6.66. The summed E-state index contributed by atoms with van der Waals surface area (Å²) in [6.07, 6.45) is 0. The van der Waals surface area contributed by atoms with E-state index < -0.39 is 0 Å². The molecule has 0 aliphatic rings. The molecule has 0 aliphatic carbocycles. The summed E-state index contributed by atoms with van der Waals surface area (Å²) in [6, 6.07) is 8.70. The molecule has 0 atom stereocenters. The molecule has 1 amide bonds. The molecule has 0 bridgehead atoms. The third-order valence-electron chi connectivity index (χ3n) is 2.89. The van der Waals surface area contributed by atoms with Crippen LogP contribution in [0.5, 0.6) is 0 Å². The maximum absolute atomic E-state index is 12.4. The van der Waals surface area contributed by atoms with Crippen molar-refractivity contribution in [1.82, 2.24) is 4.90 Å². The zero-order valence-corrected chi connectivity index (χ0v) is 13.2. The number of rotatable bonds is 4. The summed E-state index contributed by atoms with van der Waals surface area (Å²) < 4.78 is 0.721. The van der Waals surface area contributed by atoms with E-state index in [0.29, 0.717) is 29.4 Å². The van der Waals surface area contributed by atoms with E-state index in [-0.39, 0.29) is 5.91 Å². The molecule has 2 rings (SSSR count). The monoisotopic (exact) mass is 328 g/mol. The van der Waals surface area contributed by atoms with Gasteiger partial charge in [0.2, 0.25) is 0 Å². The van der Waals surface area contributed by atoms with Crippen LogP contribution in [0.2, 0.25) is 9.36 Å². The first kappa shape index (κ1) is 15.2. The normalized spacial score (nSPS) is 10.6. The number of thiophene rings is 1. The zero-order valence-electron chi connectivity index (χ0n) is 10.9. The van der Waals surface area contributed by atoms with Crippen molar-refractivity contribution >= 4 is 46.1 Å². The Morgan fingerprint density at radius 2 is 2.05 bits per heavy atom. The van der Waals surface area contributed by atoms with Gasteiger partial charge in [-0.1, -0.05) is 23.2 Å². The second kappa shape index (κ2) is 6.48. The summed E-state index contributed by atoms with van der Waals surface area (Å²) in [5, 5.41) is 0.395. The molecule has 0 saturated heterocycles. The number of nitrogen functional groups attached to an aromatic ring is 1. The van der Waals surface area contributed by atoms with Gasteiger partial charge < -0.3 is 10.6 Å². The van der Waals surface area contributed by atoms with Crippen molar-refractivity contribution < 1.29 is 4.79 Å². The lowest BCUT2D eigenvalue weighted by atomic mass is 10.1. The first-order chi connectivity index (χ1) is 9.51. The van der Waals surface area contributed by atoms with Gasteiger partial charge in [-0.2, -0.15) is 0 Å². The Balaban J connectivity index is 2.18. The molecule has 0 unspecified atom stereocenters. The molecule has 1 heterocycles. The number of carbonyl (C=O) groups excluding carboxylic acids is 1. The Labute approximate surface area is 131 Å². The maximum Gasteiger partial charge on any atom is 0.254 e. The molecule has 2 N–H and O–H groups in total. The van der Waals surface area contributed by atoms with Gasteiger partial charge in [-0.3, -0.25) is 4.79 Å². The number of nitrogens with two attached hydrogens (primary N) is 1. The average molecular weight is 329 g/mol. The van der Waals surface area contributed by atoms with Crippen LogP contribution in [0.1, 0.15) is 22.2 Å². The van der Waals surface area contributed by atoms with Crippen LogP contribution in [0.3, 0.4) is 0 Å². The molecule has 0 saturated carbocycles. The highest BCUT2D eigenvalue weighted by molar-refractivity contribution is 7.16. The van der Waals surface area contributed by atoms with Crippen LogP contribution in [0.15, 0.2) is 30.3 Å². The number of nitrogens with zero attached hydrogens (tertiary/aromatic N) is 1. The summed E-state index contributed by atoms with van der Waals surface area (Å²) in [7, 11) is 0. The number of carbonyl (C=O) groups is 1. The molecular weight excluding hydrogens is 315 g/mol. The van der Waals surface area contributed by atoms with Crippen molar-refractivity contribution in [3.8, 4) is 0 Å². The zero-order chi connectivity index (χ0) is 14.7. The van der Waals surface area contributed by atoms with Crippen LogP contribution >= 0.6 is 34.5 Å². The van der Waals surface area contributed by atoms with E-state index in [1.54, 1.807) is 23.1 Å². The Morgan fingerprint density at radius 1 is 1.30 bits per heavy atom. The summed E-state index contributed by atoms with van der Waals surface area (Å²) in [6.45, 7) is 3.08. The fourth-order valence-electron chi connectivity index (χ4n) is 1.79. The number of halogens is 2. The molecule has 0 fully saturated rings. The smallest absolute Gasteiger partial charge is 0.254 e. The number of hydrogen-bond acceptors (Lipinski definition) is 3. The largest absolute Gasteiger partial charge is 0.398 e. The van der Waals surface area contributed by atoms with Crippen LogP contribution in [0.25, 0.3) is 0 Å². The van der Waals surface area contributed by atoms with Gasteiger partial charge in [0.1, 0.15) is 0 Å². The predicted octanol–water partition coefficient (Wildman–Crippen LogP) is 4.30. The highest BCUT2D eigenvalue weighted by Crippen LogP contribution is 2.24. The third kappa shape index (κ3) is 3.45. The van der Waals surface area contributed by atoms with E-state index in [4.69, 9.17) is 28.9 Å². The molecule has 1 aromatic carbocycles. The number of amides is 1. The SMILES string of the molecule is CCN(Cc1ccc(Cl)s1)C(=O)c1ccc(N)c(Cl)c1. The molecule has 3 nitrogen and oxygen atoms in total. The van der Waals surface area contributed by atoms with Crippen LogP contribution in [0, 0.1) is 0 Å². The van der Waals surface area contributed by atoms with E-state index in [9.17, 15) is 4.79 Å². The summed E-state index contributed by atoms with van der Waals surface area (Å²) >= 11 is 13.3. The number of hydrogen-bond donors (Lipinski definition) is 1. The quantitative estimate of drug-likeness (QED) is 0.850. The lowest BCUT2D eigenvalue weighted by Crippen LogP contribution is -2.30. The Morgan fingerprint density at radius 3 is 2.60 bits per heavy atom. The van der Waals surface area contributed by atoms with E-state index in [0.717, 1.165) is 9.21 Å². The van der Waals surface area contributed by atoms with E-state index in [1.165, 1.54) is 11.3 Å². The third-order valence-corrected chi connectivity index (χ3v) is 4.44. The minimum Gasteiger partial charge on any atom is -0.398 e. The standard InChI is InChI=1S/C14H14Cl2N2OS/c1-2-18(8-10-4-6-13(16)20-10)14(19)9-3-5-12(17)11(15)7-9/h3-7H,2,8,17H2,1H3. The second-order valence-electron chi connectivity index (χ2n) is 4.26. The molecule has 0 aliphatic heterocycles. The van der Waals surface area contributed by atoms with Crippen molar-refractivity contribution in [2.24, 2.45) is 0 Å². The van der Waals surface area contributed by atoms with E-state index >= 15 is 0 Å². The Hall–Kier alpha value is -1.23. The lowest BCUT2D eigenvalue weighted by molar-refractivity contribution is 0.0754. The average Bonchev–Trinajstić information content (AvgIpc) is 2.84. The number of benzene rings is 1. The Kier molecular flexibility index (Phi) is 4.91.